The summed E-state index contributed by atoms with van der Waals surface area (Å²) in [5, 5.41) is 5.58. The number of aryl methyl sites for hydroxylation is 3. The SMILES string of the molecule is Cc1cc(C)c(NC(=O)CN2C(=O)N[C@](C)(C3CC3)C2=O)c(C)c1. The molecule has 2 N–H and O–H groups in total. The van der Waals surface area contributed by atoms with Crippen LogP contribution in [0.1, 0.15) is 36.5 Å². The second-order valence-electron chi connectivity index (χ2n) is 7.12. The second kappa shape index (κ2) is 5.61. The quantitative estimate of drug-likeness (QED) is 0.832. The zero-order valence-corrected chi connectivity index (χ0v) is 14.5. The molecule has 1 aliphatic carbocycles. The summed E-state index contributed by atoms with van der Waals surface area (Å²) in [6, 6.07) is 3.49. The van der Waals surface area contributed by atoms with Crippen LogP contribution in [0.15, 0.2) is 12.1 Å². The van der Waals surface area contributed by atoms with Gasteiger partial charge in [-0.3, -0.25) is 14.5 Å². The minimum atomic E-state index is -0.854. The molecule has 1 heterocycles. The van der Waals surface area contributed by atoms with E-state index in [1.165, 1.54) is 0 Å². The van der Waals surface area contributed by atoms with E-state index in [-0.39, 0.29) is 24.3 Å². The van der Waals surface area contributed by atoms with Crippen molar-refractivity contribution in [3.63, 3.8) is 0 Å². The molecule has 6 nitrogen and oxygen atoms in total. The van der Waals surface area contributed by atoms with E-state index in [9.17, 15) is 14.4 Å². The molecule has 1 saturated heterocycles. The lowest BCUT2D eigenvalue weighted by molar-refractivity contribution is -0.134. The molecule has 0 aromatic heterocycles. The molecular formula is C18H23N3O3. The van der Waals surface area contributed by atoms with Crippen molar-refractivity contribution in [3.8, 4) is 0 Å². The Bertz CT molecular complexity index is 716. The standard InChI is InChI=1S/C18H23N3O3/c1-10-7-11(2)15(12(3)8-10)19-14(22)9-21-16(23)18(4,13-5-6-13)20-17(21)24/h7-8,13H,5-6,9H2,1-4H3,(H,19,22)(H,20,24)/t18-/m1/s1. The number of nitrogens with one attached hydrogen (secondary N) is 2. The number of nitrogens with zero attached hydrogens (tertiary/aromatic N) is 1. The summed E-state index contributed by atoms with van der Waals surface area (Å²) in [7, 11) is 0. The Kier molecular flexibility index (Phi) is 3.86. The first kappa shape index (κ1) is 16.5. The van der Waals surface area contributed by atoms with Crippen molar-refractivity contribution in [2.75, 3.05) is 11.9 Å². The van der Waals surface area contributed by atoms with Crippen LogP contribution in [0, 0.1) is 26.7 Å². The van der Waals surface area contributed by atoms with Crippen LogP contribution in [0.2, 0.25) is 0 Å². The minimum Gasteiger partial charge on any atom is -0.324 e. The van der Waals surface area contributed by atoms with Gasteiger partial charge in [0.25, 0.3) is 5.91 Å². The van der Waals surface area contributed by atoms with Crippen LogP contribution in [0.25, 0.3) is 0 Å². The predicted molar refractivity (Wildman–Crippen MR) is 90.7 cm³/mol. The molecule has 1 saturated carbocycles. The van der Waals surface area contributed by atoms with Gasteiger partial charge in [0.15, 0.2) is 0 Å². The van der Waals surface area contributed by atoms with Crippen LogP contribution in [-0.4, -0.2) is 34.8 Å². The number of carbonyl (C=O) groups excluding carboxylic acids is 3. The van der Waals surface area contributed by atoms with Gasteiger partial charge in [0, 0.05) is 5.69 Å². The third-order valence-corrected chi connectivity index (χ3v) is 4.94. The summed E-state index contributed by atoms with van der Waals surface area (Å²) in [4.78, 5) is 38.0. The highest BCUT2D eigenvalue weighted by molar-refractivity contribution is 6.10. The van der Waals surface area contributed by atoms with Gasteiger partial charge in [-0.15, -0.1) is 0 Å². The van der Waals surface area contributed by atoms with Gasteiger partial charge in [-0.1, -0.05) is 17.7 Å². The van der Waals surface area contributed by atoms with E-state index in [1.54, 1.807) is 6.92 Å². The number of rotatable bonds is 4. The largest absolute Gasteiger partial charge is 0.325 e. The number of carbonyl (C=O) groups is 3. The van der Waals surface area contributed by atoms with Crippen LogP contribution in [0.3, 0.4) is 0 Å². The highest BCUT2D eigenvalue weighted by Gasteiger charge is 2.56. The van der Waals surface area contributed by atoms with Crippen molar-refractivity contribution >= 4 is 23.5 Å². The number of benzene rings is 1. The number of hydrogen-bond acceptors (Lipinski definition) is 3. The molecule has 1 atom stereocenters. The third kappa shape index (κ3) is 2.77. The van der Waals surface area contributed by atoms with Crippen molar-refractivity contribution in [3.05, 3.63) is 28.8 Å². The average Bonchev–Trinajstić information content (AvgIpc) is 3.29. The van der Waals surface area contributed by atoms with Crippen molar-refractivity contribution < 1.29 is 14.4 Å². The topological polar surface area (TPSA) is 78.5 Å². The number of urea groups is 1. The lowest BCUT2D eigenvalue weighted by Gasteiger charge is -2.21. The van der Waals surface area contributed by atoms with Crippen LogP contribution < -0.4 is 10.6 Å². The molecule has 4 amide bonds. The Labute approximate surface area is 141 Å². The second-order valence-corrected chi connectivity index (χ2v) is 7.12. The molecule has 2 aliphatic rings. The van der Waals surface area contributed by atoms with Gasteiger partial charge >= 0.3 is 6.03 Å². The van der Waals surface area contributed by atoms with E-state index in [4.69, 9.17) is 0 Å². The van der Waals surface area contributed by atoms with E-state index < -0.39 is 11.6 Å². The summed E-state index contributed by atoms with van der Waals surface area (Å²) in [5.41, 5.74) is 2.93. The Morgan fingerprint density at radius 2 is 1.83 bits per heavy atom. The molecule has 1 aromatic carbocycles. The highest BCUT2D eigenvalue weighted by atomic mass is 16.2. The molecule has 2 fully saturated rings. The van der Waals surface area contributed by atoms with Gasteiger partial charge < -0.3 is 10.6 Å². The number of amides is 4. The van der Waals surface area contributed by atoms with Crippen molar-refractivity contribution in [1.82, 2.24) is 10.2 Å². The first-order valence-corrected chi connectivity index (χ1v) is 8.24. The third-order valence-electron chi connectivity index (χ3n) is 4.94. The highest BCUT2D eigenvalue weighted by Crippen LogP contribution is 2.42. The maximum absolute atomic E-state index is 12.5. The van der Waals surface area contributed by atoms with E-state index >= 15 is 0 Å². The van der Waals surface area contributed by atoms with E-state index in [1.807, 2.05) is 32.9 Å². The summed E-state index contributed by atoms with van der Waals surface area (Å²) in [6.45, 7) is 7.33. The predicted octanol–water partition coefficient (Wildman–Crippen LogP) is 2.27. The van der Waals surface area contributed by atoms with Gasteiger partial charge in [0.2, 0.25) is 5.91 Å². The molecule has 6 heteroatoms. The van der Waals surface area contributed by atoms with Crippen LogP contribution in [0.4, 0.5) is 10.5 Å². The summed E-state index contributed by atoms with van der Waals surface area (Å²) < 4.78 is 0. The maximum Gasteiger partial charge on any atom is 0.325 e. The normalized spacial score (nSPS) is 23.4. The summed E-state index contributed by atoms with van der Waals surface area (Å²) >= 11 is 0. The molecule has 128 valence electrons. The Balaban J connectivity index is 1.72. The molecular weight excluding hydrogens is 306 g/mol. The average molecular weight is 329 g/mol. The van der Waals surface area contributed by atoms with Gasteiger partial charge in [-0.05, 0) is 57.6 Å². The fraction of sp³-hybridized carbons (Fsp3) is 0.500. The molecule has 0 unspecified atom stereocenters. The fourth-order valence-corrected chi connectivity index (χ4v) is 3.50. The molecule has 1 aromatic rings. The van der Waals surface area contributed by atoms with E-state index in [0.29, 0.717) is 0 Å². The molecule has 24 heavy (non-hydrogen) atoms. The van der Waals surface area contributed by atoms with Gasteiger partial charge in [-0.25, -0.2) is 4.79 Å². The molecule has 0 spiro atoms. The number of imide groups is 1. The van der Waals surface area contributed by atoms with Crippen LogP contribution >= 0.6 is 0 Å². The smallest absolute Gasteiger partial charge is 0.324 e. The minimum absolute atomic E-state index is 0.184. The Hall–Kier alpha value is -2.37. The molecule has 0 bridgehead atoms. The lowest BCUT2D eigenvalue weighted by Crippen LogP contribution is -2.46. The zero-order valence-electron chi connectivity index (χ0n) is 14.5. The van der Waals surface area contributed by atoms with Gasteiger partial charge in [0.1, 0.15) is 12.1 Å². The lowest BCUT2D eigenvalue weighted by atomic mass is 9.96. The first-order valence-electron chi connectivity index (χ1n) is 8.24. The van der Waals surface area contributed by atoms with Gasteiger partial charge in [0.05, 0.1) is 0 Å². The fourth-order valence-electron chi connectivity index (χ4n) is 3.50. The molecule has 3 rings (SSSR count). The monoisotopic (exact) mass is 329 g/mol. The number of hydrogen-bond donors (Lipinski definition) is 2. The maximum atomic E-state index is 12.5. The van der Waals surface area contributed by atoms with Crippen molar-refractivity contribution in [2.24, 2.45) is 5.92 Å². The van der Waals surface area contributed by atoms with Crippen LogP contribution in [-0.2, 0) is 9.59 Å². The van der Waals surface area contributed by atoms with E-state index in [0.717, 1.165) is 40.1 Å². The summed E-state index contributed by atoms with van der Waals surface area (Å²) in [6.07, 6.45) is 1.87. The van der Waals surface area contributed by atoms with E-state index in [2.05, 4.69) is 10.6 Å². The van der Waals surface area contributed by atoms with Crippen LogP contribution in [0.5, 0.6) is 0 Å². The van der Waals surface area contributed by atoms with Gasteiger partial charge in [-0.2, -0.15) is 0 Å². The Morgan fingerprint density at radius 3 is 2.38 bits per heavy atom. The zero-order chi connectivity index (χ0) is 17.6. The first-order chi connectivity index (χ1) is 11.2. The number of anilines is 1. The molecule has 0 radical (unpaired) electrons. The van der Waals surface area contributed by atoms with Crippen molar-refractivity contribution in [1.29, 1.82) is 0 Å². The Morgan fingerprint density at radius 1 is 1.25 bits per heavy atom. The molecule has 1 aliphatic heterocycles. The summed E-state index contributed by atoms with van der Waals surface area (Å²) in [5.74, 6) is -0.486. The van der Waals surface area contributed by atoms with Crippen molar-refractivity contribution in [2.45, 2.75) is 46.1 Å².